The van der Waals surface area contributed by atoms with Gasteiger partial charge in [0.1, 0.15) is 0 Å². The number of hydrogen-bond acceptors (Lipinski definition) is 3. The zero-order valence-electron chi connectivity index (χ0n) is 9.64. The van der Waals surface area contributed by atoms with Crippen LogP contribution in [0.5, 0.6) is 0 Å². The van der Waals surface area contributed by atoms with Crippen LogP contribution in [0.1, 0.15) is 33.1 Å². The van der Waals surface area contributed by atoms with E-state index in [0.717, 1.165) is 17.9 Å². The van der Waals surface area contributed by atoms with Gasteiger partial charge in [0.15, 0.2) is 0 Å². The molecule has 0 amide bonds. The van der Waals surface area contributed by atoms with Gasteiger partial charge in [-0.05, 0) is 31.1 Å². The van der Waals surface area contributed by atoms with Gasteiger partial charge in [-0.1, -0.05) is 13.8 Å². The fourth-order valence-corrected chi connectivity index (χ4v) is 2.34. The zero-order chi connectivity index (χ0) is 12.3. The molecular formula is C11H19NO4. The first-order chi connectivity index (χ1) is 7.41. The molecule has 0 heterocycles. The molecule has 3 N–H and O–H groups in total. The summed E-state index contributed by atoms with van der Waals surface area (Å²) >= 11 is 0. The van der Waals surface area contributed by atoms with Crippen molar-refractivity contribution in [1.29, 1.82) is 0 Å². The van der Waals surface area contributed by atoms with Gasteiger partial charge in [0.25, 0.3) is 0 Å². The van der Waals surface area contributed by atoms with Gasteiger partial charge >= 0.3 is 11.9 Å². The Morgan fingerprint density at radius 3 is 2.00 bits per heavy atom. The second kappa shape index (κ2) is 5.30. The Bertz CT molecular complexity index is 265. The van der Waals surface area contributed by atoms with E-state index in [-0.39, 0.29) is 0 Å². The third-order valence-electron chi connectivity index (χ3n) is 3.07. The molecule has 2 fully saturated rings. The monoisotopic (exact) mass is 229 g/mol. The first kappa shape index (κ1) is 13.0. The smallest absolute Gasteiger partial charge is 0.414 e. The number of fused-ring (bicyclic) bond motifs is 1. The predicted molar refractivity (Wildman–Crippen MR) is 58.2 cm³/mol. The Balaban J connectivity index is 0.000000187. The lowest BCUT2D eigenvalue weighted by atomic mass is 10.1. The van der Waals surface area contributed by atoms with E-state index < -0.39 is 11.9 Å². The molecule has 0 radical (unpaired) electrons. The molecule has 16 heavy (non-hydrogen) atoms. The third-order valence-corrected chi connectivity index (χ3v) is 3.07. The normalized spacial score (nSPS) is 30.3. The van der Waals surface area contributed by atoms with Crippen LogP contribution in [0.15, 0.2) is 0 Å². The quantitative estimate of drug-likeness (QED) is 0.613. The van der Waals surface area contributed by atoms with E-state index in [1.807, 2.05) is 0 Å². The topological polar surface area (TPSA) is 86.6 Å². The highest BCUT2D eigenvalue weighted by Crippen LogP contribution is 2.51. The van der Waals surface area contributed by atoms with Crippen molar-refractivity contribution in [1.82, 2.24) is 5.32 Å². The van der Waals surface area contributed by atoms with Crippen LogP contribution in [0.3, 0.4) is 0 Å². The number of carboxylic acids is 2. The van der Waals surface area contributed by atoms with Crippen LogP contribution in [0, 0.1) is 11.8 Å². The average molecular weight is 229 g/mol. The van der Waals surface area contributed by atoms with Crippen molar-refractivity contribution >= 4 is 11.9 Å². The van der Waals surface area contributed by atoms with Gasteiger partial charge in [-0.3, -0.25) is 0 Å². The molecule has 2 aliphatic rings. The van der Waals surface area contributed by atoms with E-state index in [2.05, 4.69) is 19.2 Å². The van der Waals surface area contributed by atoms with E-state index in [1.54, 1.807) is 0 Å². The molecule has 0 aromatic rings. The molecule has 92 valence electrons. The first-order valence-electron chi connectivity index (χ1n) is 5.64. The Hall–Kier alpha value is -1.10. The molecule has 0 aromatic carbocycles. The summed E-state index contributed by atoms with van der Waals surface area (Å²) in [6.45, 7) is 4.49. The lowest BCUT2D eigenvalue weighted by Crippen LogP contribution is -2.34. The fraction of sp³-hybridized carbons (Fsp3) is 0.818. The number of hydrogen-bond donors (Lipinski definition) is 3. The Morgan fingerprint density at radius 1 is 1.19 bits per heavy atom. The Kier molecular flexibility index (Phi) is 4.29. The summed E-state index contributed by atoms with van der Waals surface area (Å²) in [5.41, 5.74) is 0. The molecule has 5 heteroatoms. The van der Waals surface area contributed by atoms with Gasteiger partial charge in [-0.15, -0.1) is 0 Å². The summed E-state index contributed by atoms with van der Waals surface area (Å²) in [6, 6.07) is 1.56. The molecule has 0 spiro atoms. The standard InChI is InChI=1S/C9H17N.C2H2O4/c1-6(2)10-9-4-3-7-5-8(7)9;3-1(4)2(5)6/h6-10H,3-5H2,1-2H3;(H,3,4)(H,5,6). The van der Waals surface area contributed by atoms with Crippen molar-refractivity contribution in [3.05, 3.63) is 0 Å². The van der Waals surface area contributed by atoms with E-state index in [0.29, 0.717) is 6.04 Å². The number of rotatable bonds is 2. The second-order valence-electron chi connectivity index (χ2n) is 4.78. The molecule has 2 rings (SSSR count). The predicted octanol–water partition coefficient (Wildman–Crippen LogP) is 0.938. The maximum Gasteiger partial charge on any atom is 0.414 e. The van der Waals surface area contributed by atoms with Crippen LogP contribution in [0.2, 0.25) is 0 Å². The largest absolute Gasteiger partial charge is 0.473 e. The van der Waals surface area contributed by atoms with Crippen molar-refractivity contribution in [2.75, 3.05) is 0 Å². The number of aliphatic carboxylic acids is 2. The van der Waals surface area contributed by atoms with Crippen molar-refractivity contribution in [2.45, 2.75) is 45.2 Å². The zero-order valence-corrected chi connectivity index (χ0v) is 9.64. The number of carboxylic acid groups (broad SMARTS) is 2. The lowest BCUT2D eigenvalue weighted by Gasteiger charge is -2.16. The van der Waals surface area contributed by atoms with Crippen molar-refractivity contribution in [2.24, 2.45) is 11.8 Å². The molecule has 0 aliphatic heterocycles. The minimum atomic E-state index is -1.82. The summed E-state index contributed by atoms with van der Waals surface area (Å²) in [5.74, 6) is -1.45. The number of carbonyl (C=O) groups is 2. The van der Waals surface area contributed by atoms with Crippen LogP contribution < -0.4 is 5.32 Å². The van der Waals surface area contributed by atoms with E-state index in [9.17, 15) is 0 Å². The molecule has 3 atom stereocenters. The van der Waals surface area contributed by atoms with Crippen molar-refractivity contribution in [3.63, 3.8) is 0 Å². The van der Waals surface area contributed by atoms with Crippen molar-refractivity contribution < 1.29 is 19.8 Å². The third kappa shape index (κ3) is 3.81. The molecule has 0 bridgehead atoms. The van der Waals surface area contributed by atoms with Crippen molar-refractivity contribution in [3.8, 4) is 0 Å². The molecule has 3 unspecified atom stereocenters. The summed E-state index contributed by atoms with van der Waals surface area (Å²) in [4.78, 5) is 18.2. The molecular weight excluding hydrogens is 210 g/mol. The summed E-state index contributed by atoms with van der Waals surface area (Å²) in [6.07, 6.45) is 4.45. The SMILES string of the molecule is CC(C)NC1CCC2CC21.O=C(O)C(=O)O. The molecule has 5 nitrogen and oxygen atoms in total. The maximum absolute atomic E-state index is 9.10. The molecule has 0 aromatic heterocycles. The number of nitrogens with one attached hydrogen (secondary N) is 1. The van der Waals surface area contributed by atoms with Crippen LogP contribution >= 0.6 is 0 Å². The van der Waals surface area contributed by atoms with Gasteiger partial charge in [0.05, 0.1) is 0 Å². The Morgan fingerprint density at radius 2 is 1.75 bits per heavy atom. The Labute approximate surface area is 94.8 Å². The van der Waals surface area contributed by atoms with E-state index >= 15 is 0 Å². The van der Waals surface area contributed by atoms with Gasteiger partial charge in [0.2, 0.25) is 0 Å². The molecule has 2 aliphatic carbocycles. The van der Waals surface area contributed by atoms with E-state index in [4.69, 9.17) is 19.8 Å². The van der Waals surface area contributed by atoms with Gasteiger partial charge in [0, 0.05) is 12.1 Å². The van der Waals surface area contributed by atoms with E-state index in [1.165, 1.54) is 19.3 Å². The minimum Gasteiger partial charge on any atom is -0.473 e. The first-order valence-corrected chi connectivity index (χ1v) is 5.64. The second-order valence-corrected chi connectivity index (χ2v) is 4.78. The maximum atomic E-state index is 9.10. The average Bonchev–Trinajstić information content (AvgIpc) is 2.84. The highest BCUT2D eigenvalue weighted by molar-refractivity contribution is 6.27. The van der Waals surface area contributed by atoms with Crippen LogP contribution in [0.25, 0.3) is 0 Å². The van der Waals surface area contributed by atoms with Crippen LogP contribution in [-0.4, -0.2) is 34.2 Å². The van der Waals surface area contributed by atoms with Gasteiger partial charge < -0.3 is 15.5 Å². The highest BCUT2D eigenvalue weighted by atomic mass is 16.4. The summed E-state index contributed by atoms with van der Waals surface area (Å²) in [7, 11) is 0. The highest BCUT2D eigenvalue weighted by Gasteiger charge is 2.47. The summed E-state index contributed by atoms with van der Waals surface area (Å²) in [5, 5.41) is 18.4. The molecule has 2 saturated carbocycles. The van der Waals surface area contributed by atoms with Crippen LogP contribution in [0.4, 0.5) is 0 Å². The van der Waals surface area contributed by atoms with Crippen LogP contribution in [-0.2, 0) is 9.59 Å². The minimum absolute atomic E-state index is 0.685. The van der Waals surface area contributed by atoms with Gasteiger partial charge in [-0.25, -0.2) is 9.59 Å². The fourth-order valence-electron chi connectivity index (χ4n) is 2.34. The lowest BCUT2D eigenvalue weighted by molar-refractivity contribution is -0.159. The van der Waals surface area contributed by atoms with Gasteiger partial charge in [-0.2, -0.15) is 0 Å². The summed E-state index contributed by atoms with van der Waals surface area (Å²) < 4.78 is 0. The molecule has 0 saturated heterocycles.